The minimum Gasteiger partial charge on any atom is -0.480 e. The maximum atomic E-state index is 12.5. The monoisotopic (exact) mass is 314 g/mol. The van der Waals surface area contributed by atoms with Gasteiger partial charge in [0.1, 0.15) is 12.6 Å². The molecule has 20 heavy (non-hydrogen) atoms. The van der Waals surface area contributed by atoms with Crippen LogP contribution in [-0.2, 0) is 4.79 Å². The smallest absolute Gasteiger partial charge is 0.406 e. The molecule has 0 aromatic rings. The third-order valence-corrected chi connectivity index (χ3v) is 4.17. The van der Waals surface area contributed by atoms with Gasteiger partial charge in [0.2, 0.25) is 0 Å². The van der Waals surface area contributed by atoms with E-state index in [1.165, 1.54) is 25.6 Å². The highest BCUT2D eigenvalue weighted by Crippen LogP contribution is 2.31. The third kappa shape index (κ3) is 3.94. The highest BCUT2D eigenvalue weighted by molar-refractivity contribution is 8.00. The third-order valence-electron chi connectivity index (χ3n) is 2.95. The van der Waals surface area contributed by atoms with Crippen molar-refractivity contribution < 1.29 is 27.9 Å². The molecule has 1 N–H and O–H groups in total. The molecule has 0 aliphatic carbocycles. The van der Waals surface area contributed by atoms with E-state index in [1.807, 2.05) is 0 Å². The summed E-state index contributed by atoms with van der Waals surface area (Å²) in [4.78, 5) is 25.0. The average molecular weight is 314 g/mol. The molecule has 0 spiro atoms. The molecule has 9 heteroatoms. The zero-order valence-electron chi connectivity index (χ0n) is 11.3. The van der Waals surface area contributed by atoms with E-state index in [9.17, 15) is 22.8 Å². The fourth-order valence-corrected chi connectivity index (χ4v) is 3.10. The lowest BCUT2D eigenvalue weighted by Gasteiger charge is -2.35. The lowest BCUT2D eigenvalue weighted by Crippen LogP contribution is -2.54. The number of thioether (sulfide) groups is 1. The second-order valence-electron chi connectivity index (χ2n) is 4.81. The highest BCUT2D eigenvalue weighted by Gasteiger charge is 2.44. The zero-order chi connectivity index (χ0) is 15.7. The van der Waals surface area contributed by atoms with Gasteiger partial charge in [-0.05, 0) is 20.8 Å². The molecule has 1 aliphatic heterocycles. The van der Waals surface area contributed by atoms with Gasteiger partial charge in [0.25, 0.3) is 0 Å². The van der Waals surface area contributed by atoms with Crippen LogP contribution in [0.3, 0.4) is 0 Å². The van der Waals surface area contributed by atoms with Crippen molar-refractivity contribution in [3.05, 3.63) is 0 Å². The summed E-state index contributed by atoms with van der Waals surface area (Å²) in [5.74, 6) is -1.02. The molecule has 2 unspecified atom stereocenters. The van der Waals surface area contributed by atoms with Crippen molar-refractivity contribution >= 4 is 23.8 Å². The Morgan fingerprint density at radius 1 is 1.45 bits per heavy atom. The SMILES string of the molecule is CC(C)N(CC(F)(F)F)C(=O)N1C(C)SCC1C(=O)O. The maximum absolute atomic E-state index is 12.5. The van der Waals surface area contributed by atoms with Gasteiger partial charge >= 0.3 is 18.2 Å². The number of nitrogens with zero attached hydrogens (tertiary/aromatic N) is 2. The van der Waals surface area contributed by atoms with Crippen molar-refractivity contribution in [2.45, 2.75) is 44.4 Å². The summed E-state index contributed by atoms with van der Waals surface area (Å²) in [6.45, 7) is 3.15. The molecule has 1 saturated heterocycles. The average Bonchev–Trinajstić information content (AvgIpc) is 2.65. The molecule has 0 saturated carbocycles. The molecule has 1 rings (SSSR count). The zero-order valence-corrected chi connectivity index (χ0v) is 12.2. The Kier molecular flexibility index (Phi) is 5.17. The van der Waals surface area contributed by atoms with Gasteiger partial charge in [0.05, 0.1) is 5.37 Å². The van der Waals surface area contributed by atoms with E-state index >= 15 is 0 Å². The van der Waals surface area contributed by atoms with Crippen molar-refractivity contribution in [1.29, 1.82) is 0 Å². The Morgan fingerprint density at radius 3 is 2.40 bits per heavy atom. The topological polar surface area (TPSA) is 60.9 Å². The number of rotatable bonds is 3. The Bertz CT molecular complexity index is 390. The molecule has 116 valence electrons. The minimum atomic E-state index is -4.52. The number of carbonyl (C=O) groups excluding carboxylic acids is 1. The molecule has 0 radical (unpaired) electrons. The number of carboxylic acids is 1. The van der Waals surface area contributed by atoms with Crippen LogP contribution in [0.15, 0.2) is 0 Å². The van der Waals surface area contributed by atoms with E-state index in [-0.39, 0.29) is 5.75 Å². The Morgan fingerprint density at radius 2 is 2.00 bits per heavy atom. The highest BCUT2D eigenvalue weighted by atomic mass is 32.2. The van der Waals surface area contributed by atoms with Crippen LogP contribution in [0, 0.1) is 0 Å². The number of carbonyl (C=O) groups is 2. The van der Waals surface area contributed by atoms with Crippen LogP contribution in [0.1, 0.15) is 20.8 Å². The fraction of sp³-hybridized carbons (Fsp3) is 0.818. The van der Waals surface area contributed by atoms with Gasteiger partial charge in [-0.2, -0.15) is 13.2 Å². The van der Waals surface area contributed by atoms with Crippen molar-refractivity contribution in [3.8, 4) is 0 Å². The summed E-state index contributed by atoms with van der Waals surface area (Å²) in [7, 11) is 0. The van der Waals surface area contributed by atoms with E-state index < -0.39 is 42.2 Å². The van der Waals surface area contributed by atoms with Crippen molar-refractivity contribution in [1.82, 2.24) is 9.80 Å². The lowest BCUT2D eigenvalue weighted by atomic mass is 10.2. The minimum absolute atomic E-state index is 0.181. The van der Waals surface area contributed by atoms with Gasteiger partial charge in [0.15, 0.2) is 0 Å². The molecule has 1 heterocycles. The summed E-state index contributed by atoms with van der Waals surface area (Å²) in [5.41, 5.74) is 0. The van der Waals surface area contributed by atoms with E-state index in [1.54, 1.807) is 6.92 Å². The van der Waals surface area contributed by atoms with Gasteiger partial charge in [-0.1, -0.05) is 0 Å². The lowest BCUT2D eigenvalue weighted by molar-refractivity contribution is -0.146. The Hall–Kier alpha value is -1.12. The molecule has 2 atom stereocenters. The maximum Gasteiger partial charge on any atom is 0.406 e. The molecule has 1 fully saturated rings. The first kappa shape index (κ1) is 16.9. The number of hydrogen-bond acceptors (Lipinski definition) is 3. The molecule has 0 bridgehead atoms. The van der Waals surface area contributed by atoms with E-state index in [0.717, 1.165) is 4.90 Å². The van der Waals surface area contributed by atoms with Crippen molar-refractivity contribution in [2.24, 2.45) is 0 Å². The van der Waals surface area contributed by atoms with Crippen LogP contribution in [0.2, 0.25) is 0 Å². The van der Waals surface area contributed by atoms with Crippen LogP contribution in [-0.4, -0.2) is 62.8 Å². The van der Waals surface area contributed by atoms with Crippen LogP contribution in [0.4, 0.5) is 18.0 Å². The fourth-order valence-electron chi connectivity index (χ4n) is 1.94. The molecular formula is C11H17F3N2O3S. The van der Waals surface area contributed by atoms with E-state index in [4.69, 9.17) is 5.11 Å². The molecule has 1 aliphatic rings. The van der Waals surface area contributed by atoms with Crippen molar-refractivity contribution in [2.75, 3.05) is 12.3 Å². The number of amides is 2. The standard InChI is InChI=1S/C11H17F3N2O3S/c1-6(2)15(5-11(12,13)14)10(19)16-7(3)20-4-8(16)9(17)18/h6-8H,4-5H2,1-3H3,(H,17,18). The molecule has 0 aromatic heterocycles. The Labute approximate surface area is 119 Å². The number of carboxylic acid groups (broad SMARTS) is 1. The Balaban J connectivity index is 2.96. The summed E-state index contributed by atoms with van der Waals surface area (Å²) >= 11 is 1.23. The van der Waals surface area contributed by atoms with Gasteiger partial charge in [-0.25, -0.2) is 9.59 Å². The first-order chi connectivity index (χ1) is 9.04. The second kappa shape index (κ2) is 6.11. The summed E-state index contributed by atoms with van der Waals surface area (Å²) < 4.78 is 37.6. The number of alkyl halides is 3. The molecule has 2 amide bonds. The number of aliphatic carboxylic acids is 1. The van der Waals surface area contributed by atoms with Crippen LogP contribution >= 0.6 is 11.8 Å². The van der Waals surface area contributed by atoms with Crippen LogP contribution in [0.5, 0.6) is 0 Å². The predicted octanol–water partition coefficient (Wildman–Crippen LogP) is 2.23. The summed E-state index contributed by atoms with van der Waals surface area (Å²) in [6.07, 6.45) is -4.52. The quantitative estimate of drug-likeness (QED) is 0.868. The predicted molar refractivity (Wildman–Crippen MR) is 68.5 cm³/mol. The first-order valence-electron chi connectivity index (χ1n) is 6.04. The van der Waals surface area contributed by atoms with Gasteiger partial charge in [0, 0.05) is 11.8 Å². The number of hydrogen-bond donors (Lipinski definition) is 1. The van der Waals surface area contributed by atoms with Gasteiger partial charge in [-0.3, -0.25) is 4.90 Å². The number of urea groups is 1. The van der Waals surface area contributed by atoms with E-state index in [2.05, 4.69) is 0 Å². The largest absolute Gasteiger partial charge is 0.480 e. The van der Waals surface area contributed by atoms with E-state index in [0.29, 0.717) is 4.90 Å². The van der Waals surface area contributed by atoms with Gasteiger partial charge in [-0.15, -0.1) is 11.8 Å². The normalized spacial score (nSPS) is 23.2. The molecule has 0 aromatic carbocycles. The van der Waals surface area contributed by atoms with Crippen LogP contribution in [0.25, 0.3) is 0 Å². The molecular weight excluding hydrogens is 297 g/mol. The van der Waals surface area contributed by atoms with Crippen LogP contribution < -0.4 is 0 Å². The second-order valence-corrected chi connectivity index (χ2v) is 6.16. The summed E-state index contributed by atoms with van der Waals surface area (Å²) in [6, 6.07) is -2.64. The number of halogens is 3. The first-order valence-corrected chi connectivity index (χ1v) is 7.09. The van der Waals surface area contributed by atoms with Crippen molar-refractivity contribution in [3.63, 3.8) is 0 Å². The summed E-state index contributed by atoms with van der Waals surface area (Å²) in [5, 5.41) is 8.60. The van der Waals surface area contributed by atoms with Gasteiger partial charge < -0.3 is 10.0 Å². The molecule has 5 nitrogen and oxygen atoms in total.